The molecule has 0 bridgehead atoms. The van der Waals surface area contributed by atoms with Gasteiger partial charge in [0.25, 0.3) is 0 Å². The van der Waals surface area contributed by atoms with Gasteiger partial charge in [-0.2, -0.15) is 0 Å². The van der Waals surface area contributed by atoms with E-state index >= 15 is 0 Å². The van der Waals surface area contributed by atoms with E-state index in [0.29, 0.717) is 6.42 Å². The van der Waals surface area contributed by atoms with E-state index in [2.05, 4.69) is 0 Å². The molecule has 0 amide bonds. The molecule has 0 aromatic rings. The summed E-state index contributed by atoms with van der Waals surface area (Å²) in [6.45, 7) is 1.78. The van der Waals surface area contributed by atoms with Crippen LogP contribution < -0.4 is 0 Å². The number of rotatable bonds is 2. The molecule has 0 aliphatic rings. The molecule has 0 unspecified atom stereocenters. The summed E-state index contributed by atoms with van der Waals surface area (Å²) in [5, 5.41) is 0. The first kappa shape index (κ1) is 12.4. The first-order valence-electron chi connectivity index (χ1n) is 2.23. The second kappa shape index (κ2) is 5.51. The summed E-state index contributed by atoms with van der Waals surface area (Å²) in [4.78, 5) is 24.8. The van der Waals surface area contributed by atoms with Crippen molar-refractivity contribution < 1.29 is 14.4 Å². The van der Waals surface area contributed by atoms with Crippen LogP contribution in [-0.2, 0) is 0 Å². The molecule has 0 spiro atoms. The van der Waals surface area contributed by atoms with Gasteiger partial charge in [-0.05, 0) is 0 Å². The summed E-state index contributed by atoms with van der Waals surface area (Å²) in [6.07, 6.45) is 0.621. The second-order valence-electron chi connectivity index (χ2n) is 1.52. The Hall–Kier alpha value is 1.73. The summed E-state index contributed by atoms with van der Waals surface area (Å²) >= 11 is 0. The zero-order valence-electron chi connectivity index (χ0n) is 4.26. The van der Waals surface area contributed by atoms with Crippen LogP contribution in [0.2, 0.25) is 6.04 Å². The van der Waals surface area contributed by atoms with Crippen molar-refractivity contribution in [2.45, 2.75) is 19.4 Å². The van der Waals surface area contributed by atoms with Crippen LogP contribution in [0.5, 0.6) is 0 Å². The Morgan fingerprint density at radius 1 is 1.25 bits per heavy atom. The van der Waals surface area contributed by atoms with Gasteiger partial charge in [-0.1, -0.05) is 13.3 Å². The topological polar surface area (TPSA) is 60.7 Å². The Bertz CT molecular complexity index is 53.0. The SMILES string of the molecule is CCC[Si](O)(O)O.[KH]. The third kappa shape index (κ3) is 10.7. The van der Waals surface area contributed by atoms with Crippen LogP contribution in [0.4, 0.5) is 0 Å². The van der Waals surface area contributed by atoms with Crippen LogP contribution in [0, 0.1) is 0 Å². The molecule has 0 heterocycles. The van der Waals surface area contributed by atoms with Crippen molar-refractivity contribution in [1.29, 1.82) is 0 Å². The molecule has 0 aromatic heterocycles. The van der Waals surface area contributed by atoms with E-state index < -0.39 is 8.80 Å². The number of hydrogen-bond donors (Lipinski definition) is 3. The maximum atomic E-state index is 8.27. The molecular weight excluding hydrogens is 151 g/mol. The van der Waals surface area contributed by atoms with E-state index in [1.807, 2.05) is 0 Å². The average molecular weight is 162 g/mol. The Balaban J connectivity index is 0. The Kier molecular flexibility index (Phi) is 8.55. The van der Waals surface area contributed by atoms with Crippen LogP contribution in [0.15, 0.2) is 0 Å². The van der Waals surface area contributed by atoms with E-state index in [9.17, 15) is 0 Å². The van der Waals surface area contributed by atoms with Crippen LogP contribution in [0.25, 0.3) is 0 Å². The molecular formula is C3H11KO3Si. The van der Waals surface area contributed by atoms with Crippen molar-refractivity contribution in [2.24, 2.45) is 0 Å². The fraction of sp³-hybridized carbons (Fsp3) is 1.00. The van der Waals surface area contributed by atoms with Gasteiger partial charge in [-0.25, -0.2) is 0 Å². The van der Waals surface area contributed by atoms with E-state index in [1.165, 1.54) is 0 Å². The first-order valence-corrected chi connectivity index (χ1v) is 4.28. The van der Waals surface area contributed by atoms with Gasteiger partial charge < -0.3 is 14.4 Å². The third-order valence-electron chi connectivity index (χ3n) is 0.585. The van der Waals surface area contributed by atoms with Crippen molar-refractivity contribution in [3.8, 4) is 0 Å². The van der Waals surface area contributed by atoms with E-state index in [4.69, 9.17) is 14.4 Å². The van der Waals surface area contributed by atoms with Crippen LogP contribution >= 0.6 is 0 Å². The van der Waals surface area contributed by atoms with Crippen molar-refractivity contribution in [3.05, 3.63) is 0 Å². The maximum absolute atomic E-state index is 8.27. The summed E-state index contributed by atoms with van der Waals surface area (Å²) in [5.41, 5.74) is 0. The molecule has 0 aliphatic heterocycles. The molecule has 0 aliphatic carbocycles. The molecule has 0 saturated carbocycles. The zero-order chi connectivity index (χ0) is 5.91. The van der Waals surface area contributed by atoms with Gasteiger partial charge in [0.1, 0.15) is 0 Å². The monoisotopic (exact) mass is 162 g/mol. The second-order valence-corrected chi connectivity index (χ2v) is 3.57. The molecule has 46 valence electrons. The quantitative estimate of drug-likeness (QED) is 0.441. The normalized spacial score (nSPS) is 10.5. The van der Waals surface area contributed by atoms with Gasteiger partial charge in [0.15, 0.2) is 0 Å². The zero-order valence-corrected chi connectivity index (χ0v) is 5.26. The van der Waals surface area contributed by atoms with Gasteiger partial charge in [0, 0.05) is 6.04 Å². The summed E-state index contributed by atoms with van der Waals surface area (Å²) in [7, 11) is -3.66. The van der Waals surface area contributed by atoms with Gasteiger partial charge in [-0.15, -0.1) is 0 Å². The Morgan fingerprint density at radius 3 is 1.62 bits per heavy atom. The van der Waals surface area contributed by atoms with E-state index in [0.717, 1.165) is 0 Å². The first-order chi connectivity index (χ1) is 3.06. The molecule has 0 rings (SSSR count). The van der Waals surface area contributed by atoms with E-state index in [1.54, 1.807) is 6.92 Å². The number of hydrogen-bond acceptors (Lipinski definition) is 3. The fourth-order valence-corrected chi connectivity index (χ4v) is 1.01. The molecule has 0 aromatic carbocycles. The van der Waals surface area contributed by atoms with Gasteiger partial charge in [-0.3, -0.25) is 0 Å². The minimum absolute atomic E-state index is 0. The van der Waals surface area contributed by atoms with Crippen LogP contribution in [-0.4, -0.2) is 74.6 Å². The van der Waals surface area contributed by atoms with Crippen LogP contribution in [0.1, 0.15) is 13.3 Å². The summed E-state index contributed by atoms with van der Waals surface area (Å²) in [5.74, 6) is 0. The molecule has 0 fully saturated rings. The molecule has 8 heavy (non-hydrogen) atoms. The summed E-state index contributed by atoms with van der Waals surface area (Å²) < 4.78 is 0. The molecule has 0 saturated heterocycles. The van der Waals surface area contributed by atoms with Gasteiger partial charge >= 0.3 is 60.2 Å². The average Bonchev–Trinajstić information content (AvgIpc) is 1.30. The molecule has 0 radical (unpaired) electrons. The van der Waals surface area contributed by atoms with E-state index in [-0.39, 0.29) is 57.4 Å². The summed E-state index contributed by atoms with van der Waals surface area (Å²) in [6, 6.07) is 0.146. The van der Waals surface area contributed by atoms with Crippen molar-refractivity contribution >= 4 is 60.2 Å². The van der Waals surface area contributed by atoms with Crippen LogP contribution in [0.3, 0.4) is 0 Å². The predicted molar refractivity (Wildman–Crippen MR) is 34.7 cm³/mol. The minimum atomic E-state index is -3.66. The molecule has 0 atom stereocenters. The molecule has 3 N–H and O–H groups in total. The predicted octanol–water partition coefficient (Wildman–Crippen LogP) is -1.34. The Labute approximate surface area is 92.5 Å². The standard InChI is InChI=1S/C3H10O3Si.K.H/c1-2-3-7(4,5)6;;/h4-6H,2-3H2,1H3;;. The van der Waals surface area contributed by atoms with Gasteiger partial charge in [0.05, 0.1) is 0 Å². The molecule has 3 nitrogen and oxygen atoms in total. The fourth-order valence-electron chi connectivity index (χ4n) is 0.335. The molecule has 5 heteroatoms. The van der Waals surface area contributed by atoms with Crippen molar-refractivity contribution in [3.63, 3.8) is 0 Å². The van der Waals surface area contributed by atoms with Gasteiger partial charge in [0.2, 0.25) is 0 Å². The third-order valence-corrected chi connectivity index (χ3v) is 1.76. The van der Waals surface area contributed by atoms with Crippen molar-refractivity contribution in [1.82, 2.24) is 0 Å². The Morgan fingerprint density at radius 2 is 1.62 bits per heavy atom. The van der Waals surface area contributed by atoms with Crippen molar-refractivity contribution in [2.75, 3.05) is 0 Å².